The van der Waals surface area contributed by atoms with E-state index in [9.17, 15) is 4.79 Å². The van der Waals surface area contributed by atoms with Crippen molar-refractivity contribution >= 4 is 34.8 Å². The van der Waals surface area contributed by atoms with Crippen molar-refractivity contribution in [1.29, 1.82) is 0 Å². The number of hydrogen-bond donors (Lipinski definition) is 1. The summed E-state index contributed by atoms with van der Waals surface area (Å²) in [6, 6.07) is 4.71. The van der Waals surface area contributed by atoms with Gasteiger partial charge in [-0.3, -0.25) is 4.79 Å². The number of rotatable bonds is 4. The molecule has 0 aliphatic rings. The molecular weight excluding hydrogens is 259 g/mol. The molecule has 0 saturated carbocycles. The van der Waals surface area contributed by atoms with Crippen LogP contribution in [0.4, 0.5) is 0 Å². The molecule has 1 aromatic carbocycles. The molecule has 1 aromatic rings. The van der Waals surface area contributed by atoms with Crippen LogP contribution in [-0.2, 0) is 0 Å². The maximum Gasteiger partial charge on any atom is 0.271 e. The van der Waals surface area contributed by atoms with Gasteiger partial charge in [0.25, 0.3) is 5.91 Å². The van der Waals surface area contributed by atoms with E-state index in [-0.39, 0.29) is 5.91 Å². The van der Waals surface area contributed by atoms with E-state index in [4.69, 9.17) is 23.2 Å². The van der Waals surface area contributed by atoms with Gasteiger partial charge in [0.15, 0.2) is 0 Å². The first-order valence-corrected chi connectivity index (χ1v) is 6.08. The Morgan fingerprint density at radius 3 is 2.65 bits per heavy atom. The van der Waals surface area contributed by atoms with Gasteiger partial charge in [-0.15, -0.1) is 0 Å². The van der Waals surface area contributed by atoms with Crippen LogP contribution in [0.3, 0.4) is 0 Å². The summed E-state index contributed by atoms with van der Waals surface area (Å²) in [6.45, 7) is 3.93. The van der Waals surface area contributed by atoms with Crippen LogP contribution in [0.5, 0.6) is 0 Å². The molecule has 0 aliphatic carbocycles. The molecule has 0 heterocycles. The molecule has 0 atom stereocenters. The van der Waals surface area contributed by atoms with Crippen LogP contribution in [0.25, 0.3) is 0 Å². The van der Waals surface area contributed by atoms with Crippen molar-refractivity contribution in [3.8, 4) is 0 Å². The van der Waals surface area contributed by atoms with Crippen LogP contribution in [-0.4, -0.2) is 11.6 Å². The maximum atomic E-state index is 11.7. The minimum absolute atomic E-state index is 0.293. The summed E-state index contributed by atoms with van der Waals surface area (Å²) >= 11 is 11.6. The number of benzene rings is 1. The molecule has 5 heteroatoms. The Balaban J connectivity index is 2.70. The zero-order chi connectivity index (χ0) is 12.8. The lowest BCUT2D eigenvalue weighted by atomic mass is 10.2. The Kier molecular flexibility index (Phi) is 5.45. The summed E-state index contributed by atoms with van der Waals surface area (Å²) < 4.78 is 0. The van der Waals surface area contributed by atoms with Gasteiger partial charge in [0.2, 0.25) is 0 Å². The van der Waals surface area contributed by atoms with E-state index in [1.165, 1.54) is 6.07 Å². The number of carbonyl (C=O) groups excluding carboxylic acids is 1. The van der Waals surface area contributed by atoms with E-state index in [1.54, 1.807) is 12.1 Å². The van der Waals surface area contributed by atoms with E-state index in [2.05, 4.69) is 17.5 Å². The second-order valence-electron chi connectivity index (χ2n) is 3.67. The van der Waals surface area contributed by atoms with Gasteiger partial charge < -0.3 is 0 Å². The van der Waals surface area contributed by atoms with Gasteiger partial charge in [0.05, 0.1) is 10.0 Å². The topological polar surface area (TPSA) is 41.5 Å². The fraction of sp³-hybridized carbons (Fsp3) is 0.333. The van der Waals surface area contributed by atoms with Gasteiger partial charge in [0.1, 0.15) is 0 Å². The molecule has 0 unspecified atom stereocenters. The van der Waals surface area contributed by atoms with Gasteiger partial charge in [-0.2, -0.15) is 5.10 Å². The molecule has 1 amide bonds. The van der Waals surface area contributed by atoms with Crippen LogP contribution in [0, 0.1) is 0 Å². The average Bonchev–Trinajstić information content (AvgIpc) is 2.30. The largest absolute Gasteiger partial charge is 0.271 e. The summed E-state index contributed by atoms with van der Waals surface area (Å²) in [5.41, 5.74) is 3.80. The number of amides is 1. The van der Waals surface area contributed by atoms with Gasteiger partial charge in [-0.05, 0) is 31.5 Å². The van der Waals surface area contributed by atoms with E-state index in [1.807, 2.05) is 6.92 Å². The van der Waals surface area contributed by atoms with E-state index < -0.39 is 0 Å². The van der Waals surface area contributed by atoms with Crippen LogP contribution in [0.2, 0.25) is 10.0 Å². The van der Waals surface area contributed by atoms with Gasteiger partial charge in [-0.1, -0.05) is 36.5 Å². The predicted molar refractivity (Wildman–Crippen MR) is 71.9 cm³/mol. The zero-order valence-electron chi connectivity index (χ0n) is 9.76. The highest BCUT2D eigenvalue weighted by Crippen LogP contribution is 2.22. The second-order valence-corrected chi connectivity index (χ2v) is 4.48. The normalized spacial score (nSPS) is 11.4. The van der Waals surface area contributed by atoms with Crippen molar-refractivity contribution in [3.05, 3.63) is 33.8 Å². The van der Waals surface area contributed by atoms with Crippen LogP contribution < -0.4 is 5.43 Å². The van der Waals surface area contributed by atoms with Gasteiger partial charge in [-0.25, -0.2) is 5.43 Å². The number of nitrogens with zero attached hydrogens (tertiary/aromatic N) is 1. The Morgan fingerprint density at radius 1 is 1.35 bits per heavy atom. The summed E-state index contributed by atoms with van der Waals surface area (Å²) in [4.78, 5) is 11.7. The van der Waals surface area contributed by atoms with Gasteiger partial charge >= 0.3 is 0 Å². The molecule has 1 rings (SSSR count). The molecule has 17 heavy (non-hydrogen) atoms. The van der Waals surface area contributed by atoms with Crippen molar-refractivity contribution in [2.24, 2.45) is 5.10 Å². The highest BCUT2D eigenvalue weighted by Gasteiger charge is 2.07. The van der Waals surface area contributed by atoms with Crippen molar-refractivity contribution in [2.75, 3.05) is 0 Å². The summed E-state index contributed by atoms with van der Waals surface area (Å²) in [5.74, 6) is -0.293. The first-order chi connectivity index (χ1) is 8.04. The second kappa shape index (κ2) is 6.62. The first-order valence-electron chi connectivity index (χ1n) is 5.33. The van der Waals surface area contributed by atoms with Crippen molar-refractivity contribution in [2.45, 2.75) is 26.7 Å². The molecule has 0 spiro atoms. The Hall–Kier alpha value is -1.06. The lowest BCUT2D eigenvalue weighted by Crippen LogP contribution is -2.19. The third-order valence-electron chi connectivity index (χ3n) is 2.14. The number of carbonyl (C=O) groups is 1. The minimum Gasteiger partial charge on any atom is -0.267 e. The van der Waals surface area contributed by atoms with Crippen molar-refractivity contribution in [1.82, 2.24) is 5.43 Å². The Bertz CT molecular complexity index is 444. The molecule has 0 radical (unpaired) electrons. The first kappa shape index (κ1) is 14.0. The average molecular weight is 273 g/mol. The molecule has 0 aromatic heterocycles. The van der Waals surface area contributed by atoms with Crippen molar-refractivity contribution < 1.29 is 4.79 Å². The zero-order valence-corrected chi connectivity index (χ0v) is 11.3. The Morgan fingerprint density at radius 2 is 2.06 bits per heavy atom. The minimum atomic E-state index is -0.293. The summed E-state index contributed by atoms with van der Waals surface area (Å²) in [5, 5.41) is 4.76. The number of hydrogen-bond acceptors (Lipinski definition) is 2. The predicted octanol–water partition coefficient (Wildman–Crippen LogP) is 3.90. The standard InChI is InChI=1S/C12H14Cl2N2O/c1-3-4-8(2)15-16-12(17)9-5-6-10(13)11(14)7-9/h5-7H,3-4H2,1-2H3,(H,16,17). The fourth-order valence-corrected chi connectivity index (χ4v) is 1.56. The van der Waals surface area contributed by atoms with E-state index in [0.717, 1.165) is 18.6 Å². The Labute approximate surface area is 111 Å². The molecule has 0 saturated heterocycles. The molecule has 3 nitrogen and oxygen atoms in total. The lowest BCUT2D eigenvalue weighted by molar-refractivity contribution is 0.0954. The molecule has 92 valence electrons. The molecular formula is C12H14Cl2N2O. The highest BCUT2D eigenvalue weighted by atomic mass is 35.5. The number of halogens is 2. The number of nitrogens with one attached hydrogen (secondary N) is 1. The SMILES string of the molecule is CCCC(C)=NNC(=O)c1ccc(Cl)c(Cl)c1. The van der Waals surface area contributed by atoms with E-state index in [0.29, 0.717) is 15.6 Å². The molecule has 1 N–H and O–H groups in total. The van der Waals surface area contributed by atoms with Crippen LogP contribution >= 0.6 is 23.2 Å². The molecule has 0 fully saturated rings. The summed E-state index contributed by atoms with van der Waals surface area (Å²) in [6.07, 6.45) is 1.86. The highest BCUT2D eigenvalue weighted by molar-refractivity contribution is 6.42. The quantitative estimate of drug-likeness (QED) is 0.656. The lowest BCUT2D eigenvalue weighted by Gasteiger charge is -2.03. The maximum absolute atomic E-state index is 11.7. The van der Waals surface area contributed by atoms with Crippen LogP contribution in [0.15, 0.2) is 23.3 Å². The monoisotopic (exact) mass is 272 g/mol. The van der Waals surface area contributed by atoms with Crippen molar-refractivity contribution in [3.63, 3.8) is 0 Å². The molecule has 0 aliphatic heterocycles. The summed E-state index contributed by atoms with van der Waals surface area (Å²) in [7, 11) is 0. The smallest absolute Gasteiger partial charge is 0.267 e. The number of hydrazone groups is 1. The van der Waals surface area contributed by atoms with Crippen LogP contribution in [0.1, 0.15) is 37.0 Å². The van der Waals surface area contributed by atoms with E-state index >= 15 is 0 Å². The third kappa shape index (κ3) is 4.36. The fourth-order valence-electron chi connectivity index (χ4n) is 1.27. The molecule has 0 bridgehead atoms. The van der Waals surface area contributed by atoms with Gasteiger partial charge in [0, 0.05) is 11.3 Å². The third-order valence-corrected chi connectivity index (χ3v) is 2.88.